The smallest absolute Gasteiger partial charge is 0.231 e. The van der Waals surface area contributed by atoms with Crippen LogP contribution in [0.25, 0.3) is 10.2 Å². The molecule has 0 saturated heterocycles. The second kappa shape index (κ2) is 5.08. The van der Waals surface area contributed by atoms with Gasteiger partial charge in [-0.3, -0.25) is 0 Å². The average Bonchev–Trinajstić information content (AvgIpc) is 2.82. The maximum absolute atomic E-state index is 8.82. The van der Waals surface area contributed by atoms with Gasteiger partial charge in [-0.05, 0) is 31.2 Å². The Hall–Kier alpha value is -2.16. The van der Waals surface area contributed by atoms with Crippen LogP contribution in [0.15, 0.2) is 30.6 Å². The van der Waals surface area contributed by atoms with Crippen molar-refractivity contribution in [2.45, 2.75) is 6.92 Å². The van der Waals surface area contributed by atoms with Crippen LogP contribution in [-0.4, -0.2) is 9.97 Å². The normalized spacial score (nSPS) is 10.4. The quantitative estimate of drug-likeness (QED) is 0.707. The third-order valence-electron chi connectivity index (χ3n) is 2.68. The Morgan fingerprint density at radius 2 is 2.15 bits per heavy atom. The van der Waals surface area contributed by atoms with E-state index in [0.717, 1.165) is 15.1 Å². The molecule has 0 saturated carbocycles. The first-order valence-electron chi connectivity index (χ1n) is 5.76. The first-order chi connectivity index (χ1) is 9.67. The molecule has 0 spiro atoms. The number of thiophene rings is 1. The predicted octanol–water partition coefficient (Wildman–Crippen LogP) is 4.32. The van der Waals surface area contributed by atoms with E-state index >= 15 is 0 Å². The lowest BCUT2D eigenvalue weighted by Gasteiger charge is -2.07. The van der Waals surface area contributed by atoms with Crippen molar-refractivity contribution in [2.24, 2.45) is 0 Å². The summed E-state index contributed by atoms with van der Waals surface area (Å²) in [7, 11) is 0. The van der Waals surface area contributed by atoms with Gasteiger partial charge in [0.15, 0.2) is 0 Å². The van der Waals surface area contributed by atoms with E-state index in [1.54, 1.807) is 29.5 Å². The molecular weight excluding hydrogens is 294 g/mol. The van der Waals surface area contributed by atoms with Gasteiger partial charge in [-0.1, -0.05) is 11.6 Å². The van der Waals surface area contributed by atoms with Crippen LogP contribution < -0.4 is 4.74 Å². The molecule has 0 atom stereocenters. The van der Waals surface area contributed by atoms with Gasteiger partial charge in [0.1, 0.15) is 16.9 Å². The first kappa shape index (κ1) is 12.9. The molecule has 3 rings (SSSR count). The Morgan fingerprint density at radius 3 is 2.90 bits per heavy atom. The summed E-state index contributed by atoms with van der Waals surface area (Å²) in [6.45, 7) is 2.00. The first-order valence-corrected chi connectivity index (χ1v) is 6.95. The van der Waals surface area contributed by atoms with Gasteiger partial charge in [-0.25, -0.2) is 9.97 Å². The van der Waals surface area contributed by atoms with Crippen molar-refractivity contribution in [3.8, 4) is 17.7 Å². The highest BCUT2D eigenvalue weighted by Gasteiger charge is 2.11. The van der Waals surface area contributed by atoms with Crippen molar-refractivity contribution in [3.63, 3.8) is 0 Å². The number of aryl methyl sites for hydroxylation is 1. The minimum Gasteiger partial charge on any atom is -0.437 e. The molecule has 2 heterocycles. The fourth-order valence-electron chi connectivity index (χ4n) is 1.79. The molecule has 3 aromatic rings. The van der Waals surface area contributed by atoms with Crippen molar-refractivity contribution in [1.29, 1.82) is 5.26 Å². The van der Waals surface area contributed by atoms with Crippen LogP contribution in [0.3, 0.4) is 0 Å². The zero-order valence-corrected chi connectivity index (χ0v) is 12.0. The number of rotatable bonds is 2. The van der Waals surface area contributed by atoms with Crippen LogP contribution in [-0.2, 0) is 0 Å². The summed E-state index contributed by atoms with van der Waals surface area (Å²) in [6, 6.07) is 8.88. The number of fused-ring (bicyclic) bond motifs is 1. The van der Waals surface area contributed by atoms with Gasteiger partial charge in [0.2, 0.25) is 5.88 Å². The Bertz CT molecular complexity index is 838. The summed E-state index contributed by atoms with van der Waals surface area (Å²) in [5.74, 6) is 0.931. The average molecular weight is 302 g/mol. The fourth-order valence-corrected chi connectivity index (χ4v) is 2.85. The summed E-state index contributed by atoms with van der Waals surface area (Å²) in [6.07, 6.45) is 1.46. The third-order valence-corrected chi connectivity index (χ3v) is 3.94. The van der Waals surface area contributed by atoms with Crippen LogP contribution >= 0.6 is 22.9 Å². The van der Waals surface area contributed by atoms with Gasteiger partial charge in [0.25, 0.3) is 0 Å². The number of nitriles is 1. The maximum atomic E-state index is 8.82. The van der Waals surface area contributed by atoms with E-state index in [9.17, 15) is 0 Å². The topological polar surface area (TPSA) is 58.8 Å². The van der Waals surface area contributed by atoms with Crippen LogP contribution in [0.1, 0.15) is 10.4 Å². The van der Waals surface area contributed by atoms with E-state index in [1.165, 1.54) is 6.33 Å². The SMILES string of the molecule is Cc1cc2c(Oc3ccc(C#N)cc3Cl)ncnc2s1. The number of halogens is 1. The van der Waals surface area contributed by atoms with E-state index in [1.807, 2.05) is 19.1 Å². The minimum absolute atomic E-state index is 0.378. The van der Waals surface area contributed by atoms with Crippen LogP contribution in [0.5, 0.6) is 11.6 Å². The Kier molecular flexibility index (Phi) is 3.26. The molecule has 0 amide bonds. The summed E-state index contributed by atoms with van der Waals surface area (Å²) >= 11 is 7.68. The molecule has 4 nitrogen and oxygen atoms in total. The Labute approximate surface area is 124 Å². The molecule has 20 heavy (non-hydrogen) atoms. The molecule has 0 aliphatic rings. The molecule has 0 aliphatic carbocycles. The highest BCUT2D eigenvalue weighted by atomic mass is 35.5. The van der Waals surface area contributed by atoms with E-state index in [2.05, 4.69) is 9.97 Å². The number of aromatic nitrogens is 2. The van der Waals surface area contributed by atoms with Crippen molar-refractivity contribution in [2.75, 3.05) is 0 Å². The lowest BCUT2D eigenvalue weighted by molar-refractivity contribution is 0.468. The summed E-state index contributed by atoms with van der Waals surface area (Å²) in [5, 5.41) is 10.1. The number of benzene rings is 1. The third kappa shape index (κ3) is 2.31. The molecule has 0 unspecified atom stereocenters. The van der Waals surface area contributed by atoms with Crippen molar-refractivity contribution in [1.82, 2.24) is 9.97 Å². The van der Waals surface area contributed by atoms with Gasteiger partial charge in [-0.15, -0.1) is 11.3 Å². The number of hydrogen-bond donors (Lipinski definition) is 0. The van der Waals surface area contributed by atoms with Gasteiger partial charge in [-0.2, -0.15) is 5.26 Å². The Balaban J connectivity index is 2.03. The van der Waals surface area contributed by atoms with Crippen LogP contribution in [0.4, 0.5) is 0 Å². The van der Waals surface area contributed by atoms with Crippen molar-refractivity contribution < 1.29 is 4.74 Å². The molecule has 0 N–H and O–H groups in total. The number of ether oxygens (including phenoxy) is 1. The van der Waals surface area contributed by atoms with Gasteiger partial charge < -0.3 is 4.74 Å². The molecule has 6 heteroatoms. The van der Waals surface area contributed by atoms with E-state index in [-0.39, 0.29) is 0 Å². The molecule has 98 valence electrons. The monoisotopic (exact) mass is 301 g/mol. The number of hydrogen-bond acceptors (Lipinski definition) is 5. The highest BCUT2D eigenvalue weighted by Crippen LogP contribution is 2.34. The van der Waals surface area contributed by atoms with Crippen LogP contribution in [0.2, 0.25) is 5.02 Å². The fraction of sp³-hybridized carbons (Fsp3) is 0.0714. The largest absolute Gasteiger partial charge is 0.437 e. The minimum atomic E-state index is 0.378. The summed E-state index contributed by atoms with van der Waals surface area (Å²) in [5.41, 5.74) is 0.488. The molecule has 2 aromatic heterocycles. The zero-order valence-electron chi connectivity index (χ0n) is 10.4. The lowest BCUT2D eigenvalue weighted by Crippen LogP contribution is -1.90. The molecular formula is C14H8ClN3OS. The maximum Gasteiger partial charge on any atom is 0.231 e. The van der Waals surface area contributed by atoms with Gasteiger partial charge in [0.05, 0.1) is 22.0 Å². The molecule has 1 aromatic carbocycles. The van der Waals surface area contributed by atoms with Gasteiger partial charge in [0, 0.05) is 4.88 Å². The molecule has 0 fully saturated rings. The van der Waals surface area contributed by atoms with E-state index < -0.39 is 0 Å². The van der Waals surface area contributed by atoms with Gasteiger partial charge >= 0.3 is 0 Å². The molecule has 0 bridgehead atoms. The lowest BCUT2D eigenvalue weighted by atomic mass is 10.2. The second-order valence-corrected chi connectivity index (χ2v) is 5.76. The number of nitrogens with zero attached hydrogens (tertiary/aromatic N) is 3. The van der Waals surface area contributed by atoms with Crippen LogP contribution in [0, 0.1) is 18.3 Å². The van der Waals surface area contributed by atoms with Crippen molar-refractivity contribution in [3.05, 3.63) is 46.1 Å². The van der Waals surface area contributed by atoms with E-state index in [4.69, 9.17) is 21.6 Å². The predicted molar refractivity (Wildman–Crippen MR) is 78.4 cm³/mol. The summed E-state index contributed by atoms with van der Waals surface area (Å²) in [4.78, 5) is 10.4. The highest BCUT2D eigenvalue weighted by molar-refractivity contribution is 7.18. The summed E-state index contributed by atoms with van der Waals surface area (Å²) < 4.78 is 5.75. The second-order valence-electron chi connectivity index (χ2n) is 4.11. The zero-order chi connectivity index (χ0) is 14.1. The Morgan fingerprint density at radius 1 is 1.30 bits per heavy atom. The standard InChI is InChI=1S/C14H8ClN3OS/c1-8-4-10-13(17-7-18-14(10)20-8)19-12-3-2-9(6-16)5-11(12)15/h2-5,7H,1H3. The molecule has 0 radical (unpaired) electrons. The van der Waals surface area contributed by atoms with E-state index in [0.29, 0.717) is 22.2 Å². The molecule has 0 aliphatic heterocycles. The van der Waals surface area contributed by atoms with Crippen molar-refractivity contribution >= 4 is 33.2 Å².